The number of nitroso groups, excluding NO2 is 2. The van der Waals surface area contributed by atoms with E-state index in [1.165, 1.54) is 54.8 Å². The van der Waals surface area contributed by atoms with Gasteiger partial charge in [0.25, 0.3) is 27.3 Å². The fourth-order valence-electron chi connectivity index (χ4n) is 2.74. The minimum Gasteiger partial charge on any atom is -0.495 e. The molecule has 4 N–H and O–H groups in total. The highest BCUT2D eigenvalue weighted by Gasteiger charge is 2.20. The van der Waals surface area contributed by atoms with Crippen LogP contribution in [0, 0.1) is 15.6 Å². The van der Waals surface area contributed by atoms with Crippen LogP contribution in [0.15, 0.2) is 65.6 Å². The standard InChI is InChI=1S/C20H15FN4O6S/c1-31-19-8-6-14(23-27)11-18(19)25-32(29,30)15-4-2-3-12(9-15)20(26)22-13-5-7-16(21)17(10-13)24-28/h2-11,25H,1H3,(H,22,26)/p+2. The third-order valence-corrected chi connectivity index (χ3v) is 5.67. The van der Waals surface area contributed by atoms with Crippen LogP contribution in [-0.4, -0.2) is 21.4 Å². The fraction of sp³-hybridized carbons (Fsp3) is 0.0500. The maximum atomic E-state index is 13.4. The van der Waals surface area contributed by atoms with Gasteiger partial charge in [-0.05, 0) is 36.4 Å². The largest absolute Gasteiger partial charge is 0.495 e. The predicted octanol–water partition coefficient (Wildman–Crippen LogP) is 0.844. The molecule has 0 aliphatic rings. The van der Waals surface area contributed by atoms with Crippen LogP contribution < -0.4 is 25.1 Å². The van der Waals surface area contributed by atoms with Gasteiger partial charge < -0.3 is 10.1 Å². The Labute approximate surface area is 181 Å². The molecule has 0 atom stereocenters. The summed E-state index contributed by atoms with van der Waals surface area (Å²) in [6.07, 6.45) is 0. The first kappa shape index (κ1) is 22.5. The van der Waals surface area contributed by atoms with E-state index in [-0.39, 0.29) is 39.0 Å². The molecule has 0 saturated heterocycles. The van der Waals surface area contributed by atoms with Gasteiger partial charge in [0, 0.05) is 49.6 Å². The first-order valence-corrected chi connectivity index (χ1v) is 10.4. The van der Waals surface area contributed by atoms with E-state index in [9.17, 15) is 27.4 Å². The van der Waals surface area contributed by atoms with Crippen molar-refractivity contribution in [2.24, 2.45) is 0 Å². The summed E-state index contributed by atoms with van der Waals surface area (Å²) in [7, 11) is -2.82. The monoisotopic (exact) mass is 460 g/mol. The first-order valence-electron chi connectivity index (χ1n) is 8.95. The molecule has 0 fully saturated rings. The van der Waals surface area contributed by atoms with Crippen LogP contribution in [0.5, 0.6) is 5.75 Å². The molecule has 10 nitrogen and oxygen atoms in total. The highest BCUT2D eigenvalue weighted by molar-refractivity contribution is 7.92. The molecule has 3 rings (SSSR count). The number of sulfonamides is 1. The number of nitrogens with one attached hydrogen (secondary N) is 4. The van der Waals surface area contributed by atoms with Gasteiger partial charge in [-0.2, -0.15) is 4.39 Å². The fourth-order valence-corrected chi connectivity index (χ4v) is 3.85. The Morgan fingerprint density at radius 1 is 1.00 bits per heavy atom. The highest BCUT2D eigenvalue weighted by Crippen LogP contribution is 2.28. The molecule has 0 unspecified atom stereocenters. The Morgan fingerprint density at radius 2 is 1.78 bits per heavy atom. The average Bonchev–Trinajstić information content (AvgIpc) is 2.80. The van der Waals surface area contributed by atoms with E-state index in [2.05, 4.69) is 10.0 Å². The zero-order chi connectivity index (χ0) is 23.3. The van der Waals surface area contributed by atoms with Gasteiger partial charge in [0.1, 0.15) is 5.75 Å². The maximum absolute atomic E-state index is 13.4. The number of carbonyl (C=O) groups is 1. The first-order chi connectivity index (χ1) is 15.3. The lowest BCUT2D eigenvalue weighted by Gasteiger charge is -2.12. The van der Waals surface area contributed by atoms with Gasteiger partial charge in [0.2, 0.25) is 0 Å². The van der Waals surface area contributed by atoms with Gasteiger partial charge in [0.15, 0.2) is 5.82 Å². The summed E-state index contributed by atoms with van der Waals surface area (Å²) in [5, 5.41) is 5.54. The highest BCUT2D eigenvalue weighted by atomic mass is 32.2. The molecule has 0 spiro atoms. The van der Waals surface area contributed by atoms with Crippen molar-refractivity contribution in [1.29, 1.82) is 0 Å². The molecule has 12 heteroatoms. The normalized spacial score (nSPS) is 10.8. The average molecular weight is 460 g/mol. The van der Waals surface area contributed by atoms with Crippen molar-refractivity contribution in [2.75, 3.05) is 17.1 Å². The molecule has 0 heterocycles. The summed E-state index contributed by atoms with van der Waals surface area (Å²) >= 11 is 0. The number of hydrogen-bond donors (Lipinski definition) is 4. The molecule has 0 saturated carbocycles. The number of hydrogen-bond acceptors (Lipinski definition) is 6. The molecule has 32 heavy (non-hydrogen) atoms. The van der Waals surface area contributed by atoms with Crippen LogP contribution in [0.4, 0.5) is 27.1 Å². The second-order valence-electron chi connectivity index (χ2n) is 6.40. The molecule has 1 amide bonds. The molecule has 0 radical (unpaired) electrons. The molecular formula is C20H17FN4O6S+2. The number of ether oxygens (including phenoxy) is 1. The van der Waals surface area contributed by atoms with Crippen LogP contribution in [0.25, 0.3) is 0 Å². The number of rotatable bonds is 8. The van der Waals surface area contributed by atoms with E-state index in [1.54, 1.807) is 5.18 Å². The summed E-state index contributed by atoms with van der Waals surface area (Å²) in [4.78, 5) is 33.9. The minimum absolute atomic E-state index is 0.00391. The van der Waals surface area contributed by atoms with Gasteiger partial charge in [-0.25, -0.2) is 8.42 Å². The van der Waals surface area contributed by atoms with Gasteiger partial charge in [-0.15, -0.1) is 0 Å². The number of methoxy groups -OCH3 is 1. The Kier molecular flexibility index (Phi) is 6.54. The van der Waals surface area contributed by atoms with Gasteiger partial charge in [-0.1, -0.05) is 6.07 Å². The van der Waals surface area contributed by atoms with E-state index in [0.717, 1.165) is 18.2 Å². The summed E-state index contributed by atoms with van der Waals surface area (Å²) < 4.78 is 46.5. The van der Waals surface area contributed by atoms with Crippen LogP contribution in [-0.2, 0) is 10.0 Å². The third-order valence-electron chi connectivity index (χ3n) is 4.30. The molecule has 0 aliphatic carbocycles. The summed E-state index contributed by atoms with van der Waals surface area (Å²) in [6, 6.07) is 12.6. The second-order valence-corrected chi connectivity index (χ2v) is 8.08. The Balaban J connectivity index is 1.87. The third kappa shape index (κ3) is 4.92. The second kappa shape index (κ2) is 9.31. The zero-order valence-corrected chi connectivity index (χ0v) is 17.3. The van der Waals surface area contributed by atoms with Crippen molar-refractivity contribution in [3.63, 3.8) is 0 Å². The van der Waals surface area contributed by atoms with Crippen LogP contribution >= 0.6 is 0 Å². The molecule has 3 aromatic rings. The number of halogens is 1. The molecule has 0 aliphatic heterocycles. The number of anilines is 2. The van der Waals surface area contributed by atoms with E-state index in [4.69, 9.17) is 4.74 Å². The van der Waals surface area contributed by atoms with Crippen LogP contribution in [0.1, 0.15) is 10.4 Å². The Hall–Kier alpha value is -4.19. The molecule has 164 valence electrons. The van der Waals surface area contributed by atoms with E-state index >= 15 is 0 Å². The smallest absolute Gasteiger partial charge is 0.290 e. The molecule has 3 aromatic carbocycles. The molecular weight excluding hydrogens is 443 g/mol. The van der Waals surface area contributed by atoms with Crippen LogP contribution in [0.2, 0.25) is 0 Å². The van der Waals surface area contributed by atoms with Gasteiger partial charge in [0.05, 0.1) is 17.7 Å². The van der Waals surface area contributed by atoms with Crippen molar-refractivity contribution in [3.8, 4) is 5.75 Å². The predicted molar refractivity (Wildman–Crippen MR) is 113 cm³/mol. The zero-order valence-electron chi connectivity index (χ0n) is 16.5. The van der Waals surface area contributed by atoms with Crippen molar-refractivity contribution in [2.45, 2.75) is 4.90 Å². The lowest BCUT2D eigenvalue weighted by atomic mass is 10.2. The lowest BCUT2D eigenvalue weighted by molar-refractivity contribution is -0.382. The van der Waals surface area contributed by atoms with Crippen molar-refractivity contribution in [3.05, 3.63) is 81.9 Å². The SMILES string of the molecule is COc1ccc([NH+]=O)cc1NS(=O)(=O)c1cccc(C(=O)Nc2ccc(F)c([NH+]=O)c2)c1. The number of amides is 1. The molecule has 0 bridgehead atoms. The van der Waals surface area contributed by atoms with Gasteiger partial charge >= 0.3 is 0 Å². The topological polar surface area (TPSA) is 147 Å². The van der Waals surface area contributed by atoms with Crippen molar-refractivity contribution < 1.29 is 32.7 Å². The van der Waals surface area contributed by atoms with Crippen LogP contribution in [0.3, 0.4) is 0 Å². The minimum atomic E-state index is -4.16. The quantitative estimate of drug-likeness (QED) is 0.392. The maximum Gasteiger partial charge on any atom is 0.290 e. The van der Waals surface area contributed by atoms with E-state index in [1.807, 2.05) is 0 Å². The van der Waals surface area contributed by atoms with Crippen molar-refractivity contribution >= 4 is 38.7 Å². The summed E-state index contributed by atoms with van der Waals surface area (Å²) in [6.45, 7) is 0. The Morgan fingerprint density at radius 3 is 2.47 bits per heavy atom. The van der Waals surface area contributed by atoms with E-state index in [0.29, 0.717) is 0 Å². The summed E-state index contributed by atoms with van der Waals surface area (Å²) in [5.41, 5.74) is -0.0920. The van der Waals surface area contributed by atoms with Gasteiger partial charge in [-0.3, -0.25) is 9.52 Å². The van der Waals surface area contributed by atoms with E-state index < -0.39 is 21.7 Å². The lowest BCUT2D eigenvalue weighted by Crippen LogP contribution is -2.56. The summed E-state index contributed by atoms with van der Waals surface area (Å²) in [5.74, 6) is -1.29. The Bertz CT molecular complexity index is 1310. The number of carbonyl (C=O) groups excluding carboxylic acids is 1. The van der Waals surface area contributed by atoms with Crippen molar-refractivity contribution in [1.82, 2.24) is 0 Å². The molecule has 0 aromatic heterocycles. The number of benzene rings is 3.